The van der Waals surface area contributed by atoms with Gasteiger partial charge in [0.1, 0.15) is 5.75 Å². The van der Waals surface area contributed by atoms with E-state index in [0.29, 0.717) is 21.4 Å². The highest BCUT2D eigenvalue weighted by molar-refractivity contribution is 6.38. The van der Waals surface area contributed by atoms with Crippen LogP contribution in [0.5, 0.6) is 5.75 Å². The monoisotopic (exact) mass is 459 g/mol. The molecule has 6 heteroatoms. The number of aryl methyl sites for hydroxylation is 1. The lowest BCUT2D eigenvalue weighted by atomic mass is 10.1. The van der Waals surface area contributed by atoms with Crippen LogP contribution in [-0.4, -0.2) is 21.4 Å². The summed E-state index contributed by atoms with van der Waals surface area (Å²) >= 11 is 12.6. The number of halogens is 2. The summed E-state index contributed by atoms with van der Waals surface area (Å²) in [6.45, 7) is 3.01. The topological polar surface area (TPSA) is 39.9 Å². The minimum absolute atomic E-state index is 0.517. The van der Waals surface area contributed by atoms with Crippen LogP contribution in [0.25, 0.3) is 22.8 Å². The van der Waals surface area contributed by atoms with E-state index in [2.05, 4.69) is 17.0 Å². The van der Waals surface area contributed by atoms with Gasteiger partial charge in [-0.3, -0.25) is 0 Å². The van der Waals surface area contributed by atoms with E-state index in [1.54, 1.807) is 16.8 Å². The number of aromatic nitrogens is 3. The van der Waals surface area contributed by atoms with Gasteiger partial charge in [0.15, 0.2) is 11.6 Å². The Morgan fingerprint density at radius 1 is 0.839 bits per heavy atom. The first-order valence-electron chi connectivity index (χ1n) is 11.2. The van der Waals surface area contributed by atoms with Crippen molar-refractivity contribution >= 4 is 23.2 Å². The Morgan fingerprint density at radius 3 is 2.10 bits per heavy atom. The summed E-state index contributed by atoms with van der Waals surface area (Å²) in [4.78, 5) is 4.67. The van der Waals surface area contributed by atoms with E-state index in [4.69, 9.17) is 27.9 Å². The van der Waals surface area contributed by atoms with Crippen molar-refractivity contribution in [1.29, 1.82) is 0 Å². The Morgan fingerprint density at radius 2 is 1.45 bits per heavy atom. The van der Waals surface area contributed by atoms with Gasteiger partial charge in [0, 0.05) is 12.6 Å². The molecule has 166 valence electrons. The third-order valence-corrected chi connectivity index (χ3v) is 5.96. The highest BCUT2D eigenvalue weighted by atomic mass is 35.5. The fourth-order valence-electron chi connectivity index (χ4n) is 3.58. The predicted octanol–water partition coefficient (Wildman–Crippen LogP) is 7.98. The normalized spacial score (nSPS) is 11.1. The molecule has 0 spiro atoms. The molecule has 0 saturated heterocycles. The van der Waals surface area contributed by atoms with E-state index in [1.807, 2.05) is 37.4 Å². The lowest BCUT2D eigenvalue weighted by Gasteiger charge is -2.07. The van der Waals surface area contributed by atoms with Crippen molar-refractivity contribution < 1.29 is 4.74 Å². The fourth-order valence-corrected chi connectivity index (χ4v) is 4.15. The Labute approximate surface area is 195 Å². The van der Waals surface area contributed by atoms with Crippen LogP contribution in [0.1, 0.15) is 58.3 Å². The van der Waals surface area contributed by atoms with Gasteiger partial charge in [-0.2, -0.15) is 5.10 Å². The van der Waals surface area contributed by atoms with Gasteiger partial charge in [0.25, 0.3) is 0 Å². The summed E-state index contributed by atoms with van der Waals surface area (Å²) in [5.74, 6) is 2.15. The summed E-state index contributed by atoms with van der Waals surface area (Å²) in [5.41, 5.74) is 1.61. The van der Waals surface area contributed by atoms with Gasteiger partial charge in [0.2, 0.25) is 0 Å². The third kappa shape index (κ3) is 6.72. The van der Waals surface area contributed by atoms with Crippen LogP contribution in [0.3, 0.4) is 0 Å². The van der Waals surface area contributed by atoms with E-state index in [1.165, 1.54) is 44.9 Å². The molecule has 31 heavy (non-hydrogen) atoms. The summed E-state index contributed by atoms with van der Waals surface area (Å²) in [6.07, 6.45) is 10.4. The lowest BCUT2D eigenvalue weighted by molar-refractivity contribution is 0.304. The molecule has 0 unspecified atom stereocenters. The summed E-state index contributed by atoms with van der Waals surface area (Å²) in [7, 11) is 1.86. The minimum Gasteiger partial charge on any atom is -0.494 e. The van der Waals surface area contributed by atoms with Crippen LogP contribution in [0.4, 0.5) is 0 Å². The van der Waals surface area contributed by atoms with Crippen LogP contribution in [-0.2, 0) is 7.05 Å². The number of hydrogen-bond acceptors (Lipinski definition) is 3. The average Bonchev–Trinajstić information content (AvgIpc) is 3.14. The van der Waals surface area contributed by atoms with Crippen LogP contribution < -0.4 is 4.74 Å². The molecule has 0 fully saturated rings. The van der Waals surface area contributed by atoms with Gasteiger partial charge in [-0.05, 0) is 42.8 Å². The van der Waals surface area contributed by atoms with Crippen LogP contribution in [0.2, 0.25) is 10.0 Å². The quantitative estimate of drug-likeness (QED) is 0.257. The zero-order chi connectivity index (χ0) is 22.1. The second-order valence-electron chi connectivity index (χ2n) is 7.83. The molecular formula is C25H31Cl2N3O. The molecule has 0 saturated carbocycles. The van der Waals surface area contributed by atoms with E-state index < -0.39 is 0 Å². The first-order chi connectivity index (χ1) is 15.1. The maximum absolute atomic E-state index is 6.31. The molecule has 0 aliphatic carbocycles. The van der Waals surface area contributed by atoms with Crippen LogP contribution >= 0.6 is 23.2 Å². The Kier molecular flexibility index (Phi) is 9.23. The third-order valence-electron chi connectivity index (χ3n) is 5.33. The summed E-state index contributed by atoms with van der Waals surface area (Å²) in [5, 5.41) is 5.58. The van der Waals surface area contributed by atoms with Crippen molar-refractivity contribution in [1.82, 2.24) is 14.8 Å². The first kappa shape index (κ1) is 23.6. The summed E-state index contributed by atoms with van der Waals surface area (Å²) < 4.78 is 7.64. The molecule has 0 amide bonds. The molecule has 1 heterocycles. The van der Waals surface area contributed by atoms with Gasteiger partial charge in [0.05, 0.1) is 22.2 Å². The Balaban J connectivity index is 1.52. The molecular weight excluding hydrogens is 429 g/mol. The molecule has 0 atom stereocenters. The van der Waals surface area contributed by atoms with E-state index >= 15 is 0 Å². The fraction of sp³-hybridized carbons (Fsp3) is 0.440. The van der Waals surface area contributed by atoms with Crippen LogP contribution in [0.15, 0.2) is 42.5 Å². The van der Waals surface area contributed by atoms with Gasteiger partial charge < -0.3 is 4.74 Å². The minimum atomic E-state index is 0.517. The molecule has 0 aliphatic heterocycles. The first-order valence-corrected chi connectivity index (χ1v) is 11.9. The van der Waals surface area contributed by atoms with Crippen molar-refractivity contribution in [2.45, 2.75) is 58.3 Å². The SMILES string of the molecule is CCCCCCCCCCOc1ccc(-c2nc(-c3c(Cl)cccc3Cl)nn2C)cc1. The van der Waals surface area contributed by atoms with Crippen molar-refractivity contribution in [2.24, 2.45) is 7.05 Å². The highest BCUT2D eigenvalue weighted by Gasteiger charge is 2.16. The number of rotatable bonds is 12. The maximum Gasteiger partial charge on any atom is 0.184 e. The number of unbranched alkanes of at least 4 members (excludes halogenated alkanes) is 7. The molecule has 0 radical (unpaired) electrons. The van der Waals surface area contributed by atoms with E-state index in [0.717, 1.165) is 30.2 Å². The van der Waals surface area contributed by atoms with Gasteiger partial charge >= 0.3 is 0 Å². The summed E-state index contributed by atoms with van der Waals surface area (Å²) in [6, 6.07) is 13.4. The van der Waals surface area contributed by atoms with Crippen molar-refractivity contribution in [2.75, 3.05) is 6.61 Å². The maximum atomic E-state index is 6.31. The molecule has 1 aromatic heterocycles. The molecule has 3 rings (SSSR count). The van der Waals surface area contributed by atoms with E-state index in [9.17, 15) is 0 Å². The van der Waals surface area contributed by atoms with E-state index in [-0.39, 0.29) is 0 Å². The zero-order valence-corrected chi connectivity index (χ0v) is 19.9. The number of ether oxygens (including phenoxy) is 1. The lowest BCUT2D eigenvalue weighted by Crippen LogP contribution is -1.98. The standard InChI is InChI=1S/C25H31Cl2N3O/c1-3-4-5-6-7-8-9-10-18-31-20-16-14-19(15-17-20)25-28-24(29-30(25)2)23-21(26)12-11-13-22(23)27/h11-17H,3-10,18H2,1-2H3. The number of hydrogen-bond donors (Lipinski definition) is 0. The Bertz CT molecular complexity index is 934. The molecule has 0 aliphatic rings. The molecule has 0 bridgehead atoms. The molecule has 2 aromatic carbocycles. The van der Waals surface area contributed by atoms with Crippen molar-refractivity contribution in [3.63, 3.8) is 0 Å². The molecule has 3 aromatic rings. The number of nitrogens with zero attached hydrogens (tertiary/aromatic N) is 3. The van der Waals surface area contributed by atoms with Gasteiger partial charge in [-0.25, -0.2) is 9.67 Å². The second-order valence-corrected chi connectivity index (χ2v) is 8.64. The van der Waals surface area contributed by atoms with Gasteiger partial charge in [-0.15, -0.1) is 0 Å². The smallest absolute Gasteiger partial charge is 0.184 e. The zero-order valence-electron chi connectivity index (χ0n) is 18.4. The van der Waals surface area contributed by atoms with Crippen molar-refractivity contribution in [3.8, 4) is 28.5 Å². The molecule has 0 N–H and O–H groups in total. The average molecular weight is 460 g/mol. The highest BCUT2D eigenvalue weighted by Crippen LogP contribution is 2.33. The van der Waals surface area contributed by atoms with Crippen molar-refractivity contribution in [3.05, 3.63) is 52.5 Å². The van der Waals surface area contributed by atoms with Gasteiger partial charge in [-0.1, -0.05) is 81.1 Å². The predicted molar refractivity (Wildman–Crippen MR) is 130 cm³/mol. The largest absolute Gasteiger partial charge is 0.494 e. The Hall–Kier alpha value is -2.04. The second kappa shape index (κ2) is 12.1. The molecule has 4 nitrogen and oxygen atoms in total. The number of benzene rings is 2. The van der Waals surface area contributed by atoms with Crippen LogP contribution in [0, 0.1) is 0 Å².